The summed E-state index contributed by atoms with van der Waals surface area (Å²) in [6.45, 7) is 1.90. The molecule has 1 N–H and O–H groups in total. The Hall–Kier alpha value is -2.94. The summed E-state index contributed by atoms with van der Waals surface area (Å²) in [6.07, 6.45) is 0.613. The lowest BCUT2D eigenvalue weighted by molar-refractivity contribution is -0.119. The molecule has 4 rings (SSSR count). The van der Waals surface area contributed by atoms with E-state index in [-0.39, 0.29) is 17.4 Å². The summed E-state index contributed by atoms with van der Waals surface area (Å²) >= 11 is 8.83. The molecular formula is C24H21ClN4O2S2. The van der Waals surface area contributed by atoms with Crippen LogP contribution in [0.15, 0.2) is 71.9 Å². The molecule has 1 amide bonds. The van der Waals surface area contributed by atoms with Gasteiger partial charge < -0.3 is 5.32 Å². The molecule has 0 bridgehead atoms. The number of hydrogen-bond donors (Lipinski definition) is 1. The van der Waals surface area contributed by atoms with Gasteiger partial charge in [0, 0.05) is 28.9 Å². The number of ketones is 1. The minimum atomic E-state index is -0.0975. The number of Topliss-reactive ketones (excluding diaryl/α,β-unsaturated/α-hetero) is 1. The molecule has 0 radical (unpaired) electrons. The van der Waals surface area contributed by atoms with Crippen LogP contribution in [0.2, 0.25) is 5.02 Å². The Labute approximate surface area is 205 Å². The van der Waals surface area contributed by atoms with Crippen molar-refractivity contribution in [2.75, 3.05) is 5.75 Å². The summed E-state index contributed by atoms with van der Waals surface area (Å²) in [6, 6.07) is 21.2. The first kappa shape index (κ1) is 23.2. The predicted molar refractivity (Wildman–Crippen MR) is 133 cm³/mol. The van der Waals surface area contributed by atoms with Gasteiger partial charge in [-0.05, 0) is 42.0 Å². The molecular weight excluding hydrogens is 476 g/mol. The van der Waals surface area contributed by atoms with E-state index in [1.54, 1.807) is 6.07 Å². The summed E-state index contributed by atoms with van der Waals surface area (Å²) in [5.41, 5.74) is 2.01. The lowest BCUT2D eigenvalue weighted by atomic mass is 10.1. The Morgan fingerprint density at radius 2 is 1.79 bits per heavy atom. The maximum Gasteiger partial charge on any atom is 0.217 e. The predicted octanol–water partition coefficient (Wildman–Crippen LogP) is 5.18. The van der Waals surface area contributed by atoms with E-state index in [1.807, 2.05) is 65.2 Å². The van der Waals surface area contributed by atoms with Gasteiger partial charge in [-0.25, -0.2) is 0 Å². The molecule has 0 saturated heterocycles. The lowest BCUT2D eigenvalue weighted by Gasteiger charge is -2.10. The van der Waals surface area contributed by atoms with Gasteiger partial charge >= 0.3 is 0 Å². The molecule has 0 fully saturated rings. The number of hydrogen-bond acceptors (Lipinski definition) is 6. The Balaban J connectivity index is 1.53. The quantitative estimate of drug-likeness (QED) is 0.255. The fourth-order valence-corrected chi connectivity index (χ4v) is 5.13. The van der Waals surface area contributed by atoms with E-state index in [1.165, 1.54) is 30.0 Å². The van der Waals surface area contributed by atoms with Crippen molar-refractivity contribution in [2.24, 2.45) is 0 Å². The minimum Gasteiger partial charge on any atom is -0.351 e. The number of rotatable bonds is 9. The first-order valence-electron chi connectivity index (χ1n) is 10.2. The van der Waals surface area contributed by atoms with Crippen molar-refractivity contribution < 1.29 is 9.59 Å². The first-order chi connectivity index (χ1) is 16.0. The number of nitrogens with zero attached hydrogens (tertiary/aromatic N) is 3. The molecule has 0 aliphatic rings. The first-order valence-corrected chi connectivity index (χ1v) is 12.4. The average Bonchev–Trinajstić information content (AvgIpc) is 3.45. The number of thioether (sulfide) groups is 1. The molecule has 0 saturated carbocycles. The molecule has 168 valence electrons. The van der Waals surface area contributed by atoms with Crippen molar-refractivity contribution in [3.8, 4) is 5.69 Å². The van der Waals surface area contributed by atoms with Gasteiger partial charge in [-0.3, -0.25) is 14.2 Å². The highest BCUT2D eigenvalue weighted by molar-refractivity contribution is 7.99. The average molecular weight is 497 g/mol. The zero-order valence-corrected chi connectivity index (χ0v) is 20.2. The van der Waals surface area contributed by atoms with Crippen molar-refractivity contribution in [1.82, 2.24) is 20.1 Å². The number of amides is 1. The Bertz CT molecular complexity index is 1250. The second-order valence-electron chi connectivity index (χ2n) is 7.26. The highest BCUT2D eigenvalue weighted by Crippen LogP contribution is 2.26. The van der Waals surface area contributed by atoms with Gasteiger partial charge in [0.05, 0.1) is 17.2 Å². The molecule has 33 heavy (non-hydrogen) atoms. The number of halogens is 1. The maximum atomic E-state index is 12.8. The minimum absolute atomic E-state index is 0.00865. The second-order valence-corrected chi connectivity index (χ2v) is 9.81. The Morgan fingerprint density at radius 1 is 1.03 bits per heavy atom. The van der Waals surface area contributed by atoms with Crippen LogP contribution < -0.4 is 5.32 Å². The largest absolute Gasteiger partial charge is 0.351 e. The number of carbonyl (C=O) groups is 2. The number of benzene rings is 2. The van der Waals surface area contributed by atoms with Crippen LogP contribution in [0, 0.1) is 0 Å². The summed E-state index contributed by atoms with van der Waals surface area (Å²) in [5, 5.41) is 12.8. The SMILES string of the molecule is CC(=O)NCc1ccc(C(=O)CSc2nnc(Cc3ccccc3)n2-c2ccc(Cl)cc2)s1. The fourth-order valence-electron chi connectivity index (χ4n) is 3.17. The van der Waals surface area contributed by atoms with Crippen LogP contribution in [0.3, 0.4) is 0 Å². The third-order valence-electron chi connectivity index (χ3n) is 4.77. The molecule has 0 aliphatic heterocycles. The van der Waals surface area contributed by atoms with E-state index < -0.39 is 0 Å². The topological polar surface area (TPSA) is 76.9 Å². The standard InChI is InChI=1S/C24H21ClN4O2S2/c1-16(30)26-14-20-11-12-22(33-20)21(31)15-32-24-28-27-23(13-17-5-3-2-4-6-17)29(24)19-9-7-18(25)8-10-19/h2-12H,13-15H2,1H3,(H,26,30). The van der Waals surface area contributed by atoms with Gasteiger partial charge in [-0.2, -0.15) is 0 Å². The monoisotopic (exact) mass is 496 g/mol. The molecule has 0 spiro atoms. The van der Waals surface area contributed by atoms with Crippen molar-refractivity contribution in [2.45, 2.75) is 25.0 Å². The molecule has 0 unspecified atom stereocenters. The fraction of sp³-hybridized carbons (Fsp3) is 0.167. The van der Waals surface area contributed by atoms with E-state index in [4.69, 9.17) is 11.6 Å². The summed E-state index contributed by atoms with van der Waals surface area (Å²) in [5.74, 6) is 0.929. The van der Waals surface area contributed by atoms with Crippen molar-refractivity contribution in [3.63, 3.8) is 0 Å². The van der Waals surface area contributed by atoms with Crippen LogP contribution in [0.4, 0.5) is 0 Å². The lowest BCUT2D eigenvalue weighted by Crippen LogP contribution is -2.18. The van der Waals surface area contributed by atoms with Gasteiger partial charge in [-0.1, -0.05) is 53.7 Å². The van der Waals surface area contributed by atoms with Gasteiger partial charge in [0.25, 0.3) is 0 Å². The van der Waals surface area contributed by atoms with Crippen LogP contribution in [0.5, 0.6) is 0 Å². The van der Waals surface area contributed by atoms with Gasteiger partial charge in [0.1, 0.15) is 5.82 Å². The van der Waals surface area contributed by atoms with E-state index in [2.05, 4.69) is 15.5 Å². The van der Waals surface area contributed by atoms with E-state index in [0.29, 0.717) is 28.0 Å². The molecule has 2 aromatic carbocycles. The molecule has 0 aliphatic carbocycles. The summed E-state index contributed by atoms with van der Waals surface area (Å²) in [7, 11) is 0. The molecule has 2 aromatic heterocycles. The highest BCUT2D eigenvalue weighted by Gasteiger charge is 2.18. The third-order valence-corrected chi connectivity index (χ3v) is 7.08. The van der Waals surface area contributed by atoms with Crippen molar-refractivity contribution in [1.29, 1.82) is 0 Å². The second kappa shape index (κ2) is 10.8. The number of aromatic nitrogens is 3. The third kappa shape index (κ3) is 6.10. The van der Waals surface area contributed by atoms with Crippen LogP contribution in [-0.4, -0.2) is 32.2 Å². The zero-order valence-electron chi connectivity index (χ0n) is 17.8. The smallest absolute Gasteiger partial charge is 0.217 e. The molecule has 0 atom stereocenters. The number of nitrogens with one attached hydrogen (secondary N) is 1. The van der Waals surface area contributed by atoms with Gasteiger partial charge in [0.15, 0.2) is 10.9 Å². The van der Waals surface area contributed by atoms with E-state index >= 15 is 0 Å². The maximum absolute atomic E-state index is 12.8. The Kier molecular flexibility index (Phi) is 7.59. The van der Waals surface area contributed by atoms with E-state index in [9.17, 15) is 9.59 Å². The van der Waals surface area contributed by atoms with Crippen molar-refractivity contribution in [3.05, 3.63) is 92.9 Å². The van der Waals surface area contributed by atoms with Crippen LogP contribution in [0.1, 0.15) is 32.9 Å². The number of carbonyl (C=O) groups excluding carboxylic acids is 2. The number of thiophene rings is 1. The van der Waals surface area contributed by atoms with Crippen molar-refractivity contribution >= 4 is 46.4 Å². The summed E-state index contributed by atoms with van der Waals surface area (Å²) in [4.78, 5) is 25.5. The molecule has 9 heteroatoms. The molecule has 6 nitrogen and oxygen atoms in total. The van der Waals surface area contributed by atoms with Gasteiger partial charge in [-0.15, -0.1) is 21.5 Å². The van der Waals surface area contributed by atoms with Crippen LogP contribution in [0.25, 0.3) is 5.69 Å². The summed E-state index contributed by atoms with van der Waals surface area (Å²) < 4.78 is 1.97. The molecule has 4 aromatic rings. The zero-order chi connectivity index (χ0) is 23.2. The Morgan fingerprint density at radius 3 is 2.52 bits per heavy atom. The normalized spacial score (nSPS) is 10.8. The van der Waals surface area contributed by atoms with Gasteiger partial charge in [0.2, 0.25) is 5.91 Å². The molecule has 2 heterocycles. The van der Waals surface area contributed by atoms with Crippen LogP contribution >= 0.6 is 34.7 Å². The van der Waals surface area contributed by atoms with Crippen LogP contribution in [-0.2, 0) is 17.8 Å². The highest BCUT2D eigenvalue weighted by atomic mass is 35.5. The van der Waals surface area contributed by atoms with E-state index in [0.717, 1.165) is 22.0 Å².